The molecule has 17 heavy (non-hydrogen) atoms. The first kappa shape index (κ1) is 11.9. The quantitative estimate of drug-likeness (QED) is 0.810. The molecule has 2 heterocycles. The fraction of sp³-hybridized carbons (Fsp3) is 0.556. The zero-order chi connectivity index (χ0) is 12.6. The zero-order valence-electron chi connectivity index (χ0n) is 8.70. The van der Waals surface area contributed by atoms with Crippen LogP contribution in [0.4, 0.5) is 19.0 Å². The van der Waals surface area contributed by atoms with E-state index >= 15 is 0 Å². The summed E-state index contributed by atoms with van der Waals surface area (Å²) in [4.78, 5) is 14.6. The average Bonchev–Trinajstić information content (AvgIpc) is 2.68. The van der Waals surface area contributed by atoms with Crippen LogP contribution in [0.3, 0.4) is 0 Å². The third-order valence-corrected chi connectivity index (χ3v) is 2.50. The minimum absolute atomic E-state index is 0.419. The molecule has 0 spiro atoms. The normalized spacial score (nSPS) is 20.8. The molecular formula is C9H10F3N3O2. The summed E-state index contributed by atoms with van der Waals surface area (Å²) >= 11 is 0. The summed E-state index contributed by atoms with van der Waals surface area (Å²) in [7, 11) is 0. The van der Waals surface area contributed by atoms with Crippen LogP contribution in [0, 0.1) is 0 Å². The predicted octanol–water partition coefficient (Wildman–Crippen LogP) is 1.15. The lowest BCUT2D eigenvalue weighted by Crippen LogP contribution is -2.30. The summed E-state index contributed by atoms with van der Waals surface area (Å²) in [6.07, 6.45) is -3.46. The van der Waals surface area contributed by atoms with Crippen molar-refractivity contribution in [3.63, 3.8) is 0 Å². The number of rotatable bonds is 1. The van der Waals surface area contributed by atoms with Gasteiger partial charge in [0.2, 0.25) is 0 Å². The first-order valence-electron chi connectivity index (χ1n) is 4.97. The van der Waals surface area contributed by atoms with E-state index in [1.807, 2.05) is 0 Å². The lowest BCUT2D eigenvalue weighted by Gasteiger charge is -2.16. The predicted molar refractivity (Wildman–Crippen MR) is 52.1 cm³/mol. The molecular weight excluding hydrogens is 239 g/mol. The molecule has 0 amide bonds. The second kappa shape index (κ2) is 4.02. The molecule has 8 heteroatoms. The van der Waals surface area contributed by atoms with Crippen LogP contribution in [0.1, 0.15) is 24.6 Å². The standard InChI is InChI=1S/C9H10F3N3O2/c10-9(11,12)5-4-15(6-2-1-3-17-6)8(16)14-7(5)13/h4,6H,1-3H2,(H2,13,14,16). The van der Waals surface area contributed by atoms with Crippen molar-refractivity contribution < 1.29 is 17.9 Å². The maximum Gasteiger partial charge on any atom is 0.421 e. The maximum atomic E-state index is 12.6. The van der Waals surface area contributed by atoms with E-state index in [1.54, 1.807) is 0 Å². The smallest absolute Gasteiger partial charge is 0.383 e. The van der Waals surface area contributed by atoms with Gasteiger partial charge in [0.15, 0.2) is 0 Å². The molecule has 1 unspecified atom stereocenters. The number of nitrogens with zero attached hydrogens (tertiary/aromatic N) is 2. The van der Waals surface area contributed by atoms with Gasteiger partial charge in [0.05, 0.1) is 0 Å². The summed E-state index contributed by atoms with van der Waals surface area (Å²) in [5.41, 5.74) is 3.14. The molecule has 0 aliphatic carbocycles. The summed E-state index contributed by atoms with van der Waals surface area (Å²) in [5.74, 6) is -0.809. The molecule has 1 saturated heterocycles. The molecule has 1 aliphatic heterocycles. The number of nitrogens with two attached hydrogens (primary N) is 1. The van der Waals surface area contributed by atoms with Crippen molar-refractivity contribution in [3.05, 3.63) is 22.2 Å². The summed E-state index contributed by atoms with van der Waals surface area (Å²) in [5, 5.41) is 0. The number of hydrogen-bond acceptors (Lipinski definition) is 4. The molecule has 2 rings (SSSR count). The topological polar surface area (TPSA) is 70.1 Å². The van der Waals surface area contributed by atoms with Gasteiger partial charge in [-0.15, -0.1) is 0 Å². The number of nitrogen functional groups attached to an aromatic ring is 1. The lowest BCUT2D eigenvalue weighted by molar-refractivity contribution is -0.137. The zero-order valence-corrected chi connectivity index (χ0v) is 8.70. The average molecular weight is 249 g/mol. The Balaban J connectivity index is 2.49. The van der Waals surface area contributed by atoms with Crippen molar-refractivity contribution in [2.75, 3.05) is 12.3 Å². The van der Waals surface area contributed by atoms with Gasteiger partial charge in [0.1, 0.15) is 17.6 Å². The fourth-order valence-corrected chi connectivity index (χ4v) is 1.69. The van der Waals surface area contributed by atoms with E-state index in [0.717, 1.165) is 4.57 Å². The Morgan fingerprint density at radius 3 is 2.76 bits per heavy atom. The third kappa shape index (κ3) is 2.26. The van der Waals surface area contributed by atoms with Gasteiger partial charge in [-0.25, -0.2) is 4.79 Å². The van der Waals surface area contributed by atoms with Crippen molar-refractivity contribution >= 4 is 5.82 Å². The highest BCUT2D eigenvalue weighted by molar-refractivity contribution is 5.38. The minimum atomic E-state index is -4.63. The monoisotopic (exact) mass is 249 g/mol. The number of ether oxygens (including phenoxy) is 1. The van der Waals surface area contributed by atoms with Gasteiger partial charge in [-0.1, -0.05) is 0 Å². The minimum Gasteiger partial charge on any atom is -0.383 e. The Labute approximate surface area is 94.0 Å². The Morgan fingerprint density at radius 2 is 2.24 bits per heavy atom. The van der Waals surface area contributed by atoms with Crippen LogP contribution in [0.25, 0.3) is 0 Å². The first-order valence-corrected chi connectivity index (χ1v) is 4.97. The Bertz CT molecular complexity index is 477. The van der Waals surface area contributed by atoms with Gasteiger partial charge in [-0.3, -0.25) is 4.57 Å². The number of anilines is 1. The van der Waals surface area contributed by atoms with Gasteiger partial charge in [0, 0.05) is 12.8 Å². The molecule has 0 radical (unpaired) electrons. The number of aromatic nitrogens is 2. The second-order valence-electron chi connectivity index (χ2n) is 3.70. The second-order valence-corrected chi connectivity index (χ2v) is 3.70. The van der Waals surface area contributed by atoms with Gasteiger partial charge >= 0.3 is 11.9 Å². The van der Waals surface area contributed by atoms with Crippen LogP contribution in [0.15, 0.2) is 11.0 Å². The molecule has 1 aromatic heterocycles. The van der Waals surface area contributed by atoms with Crippen molar-refractivity contribution in [2.45, 2.75) is 25.2 Å². The van der Waals surface area contributed by atoms with Gasteiger partial charge < -0.3 is 10.5 Å². The molecule has 1 aliphatic rings. The largest absolute Gasteiger partial charge is 0.421 e. The van der Waals surface area contributed by atoms with E-state index in [2.05, 4.69) is 4.98 Å². The molecule has 94 valence electrons. The highest BCUT2D eigenvalue weighted by Gasteiger charge is 2.35. The summed E-state index contributed by atoms with van der Waals surface area (Å²) < 4.78 is 43.7. The van der Waals surface area contributed by atoms with Gasteiger partial charge in [-0.2, -0.15) is 18.2 Å². The number of hydrogen-bond donors (Lipinski definition) is 1. The molecule has 1 aromatic rings. The van der Waals surface area contributed by atoms with E-state index < -0.39 is 29.5 Å². The molecule has 5 nitrogen and oxygen atoms in total. The van der Waals surface area contributed by atoms with E-state index in [4.69, 9.17) is 10.5 Å². The SMILES string of the molecule is Nc1nc(=O)n(C2CCCO2)cc1C(F)(F)F. The Morgan fingerprint density at radius 1 is 1.53 bits per heavy atom. The van der Waals surface area contributed by atoms with Crippen LogP contribution < -0.4 is 11.4 Å². The molecule has 0 aromatic carbocycles. The van der Waals surface area contributed by atoms with E-state index in [-0.39, 0.29) is 0 Å². The molecule has 1 fully saturated rings. The molecule has 0 bridgehead atoms. The lowest BCUT2D eigenvalue weighted by atomic mass is 10.3. The molecule has 0 saturated carbocycles. The van der Waals surface area contributed by atoms with Crippen molar-refractivity contribution in [1.29, 1.82) is 0 Å². The summed E-state index contributed by atoms with van der Waals surface area (Å²) in [6, 6.07) is 0. The Hall–Kier alpha value is -1.57. The van der Waals surface area contributed by atoms with Crippen molar-refractivity contribution in [2.24, 2.45) is 0 Å². The Kier molecular flexibility index (Phi) is 2.82. The number of halogens is 3. The van der Waals surface area contributed by atoms with E-state index in [9.17, 15) is 18.0 Å². The van der Waals surface area contributed by atoms with Gasteiger partial charge in [-0.05, 0) is 12.8 Å². The van der Waals surface area contributed by atoms with Crippen LogP contribution in [-0.2, 0) is 10.9 Å². The summed E-state index contributed by atoms with van der Waals surface area (Å²) in [6.45, 7) is 0.419. The highest BCUT2D eigenvalue weighted by Crippen LogP contribution is 2.32. The molecule has 1 atom stereocenters. The van der Waals surface area contributed by atoms with Gasteiger partial charge in [0.25, 0.3) is 0 Å². The third-order valence-electron chi connectivity index (χ3n) is 2.50. The van der Waals surface area contributed by atoms with Crippen LogP contribution in [-0.4, -0.2) is 16.2 Å². The van der Waals surface area contributed by atoms with Crippen molar-refractivity contribution in [3.8, 4) is 0 Å². The van der Waals surface area contributed by atoms with Crippen LogP contribution >= 0.6 is 0 Å². The fourth-order valence-electron chi connectivity index (χ4n) is 1.69. The van der Waals surface area contributed by atoms with E-state index in [0.29, 0.717) is 25.6 Å². The number of alkyl halides is 3. The highest BCUT2D eigenvalue weighted by atomic mass is 19.4. The maximum absolute atomic E-state index is 12.6. The first-order chi connectivity index (χ1) is 7.89. The van der Waals surface area contributed by atoms with E-state index in [1.165, 1.54) is 0 Å². The van der Waals surface area contributed by atoms with Crippen LogP contribution in [0.5, 0.6) is 0 Å². The molecule has 2 N–H and O–H groups in total. The van der Waals surface area contributed by atoms with Crippen LogP contribution in [0.2, 0.25) is 0 Å². The van der Waals surface area contributed by atoms with Crippen molar-refractivity contribution in [1.82, 2.24) is 9.55 Å².